The number of aryl methyl sites for hydroxylation is 1. The van der Waals surface area contributed by atoms with E-state index in [0.717, 1.165) is 11.5 Å². The second-order valence-corrected chi connectivity index (χ2v) is 8.05. The molecule has 3 nitrogen and oxygen atoms in total. The second-order valence-electron chi connectivity index (χ2n) is 8.05. The average molecular weight is 324 g/mol. The Labute approximate surface area is 145 Å². The van der Waals surface area contributed by atoms with E-state index in [2.05, 4.69) is 68.2 Å². The molecule has 2 fully saturated rings. The second kappa shape index (κ2) is 6.03. The highest BCUT2D eigenvalue weighted by molar-refractivity contribution is 5.31. The molecule has 0 saturated carbocycles. The molecular weight excluding hydrogens is 296 g/mol. The molecule has 4 atom stereocenters. The van der Waals surface area contributed by atoms with Gasteiger partial charge in [-0.15, -0.1) is 0 Å². The van der Waals surface area contributed by atoms with Gasteiger partial charge >= 0.3 is 0 Å². The minimum absolute atomic E-state index is 0.413. The van der Waals surface area contributed by atoms with Crippen molar-refractivity contribution in [3.63, 3.8) is 0 Å². The van der Waals surface area contributed by atoms with Crippen molar-refractivity contribution in [2.24, 2.45) is 0 Å². The van der Waals surface area contributed by atoms with Gasteiger partial charge in [-0.3, -0.25) is 4.90 Å². The lowest BCUT2D eigenvalue weighted by Crippen LogP contribution is -2.44. The Bertz CT molecular complexity index is 703. The van der Waals surface area contributed by atoms with Crippen LogP contribution in [0.25, 0.3) is 0 Å². The summed E-state index contributed by atoms with van der Waals surface area (Å²) in [5.41, 5.74) is 3.86. The molecule has 128 valence electrons. The zero-order valence-corrected chi connectivity index (χ0v) is 15.2. The molecule has 4 unspecified atom stereocenters. The molecule has 2 bridgehead atoms. The van der Waals surface area contributed by atoms with Crippen molar-refractivity contribution < 1.29 is 4.52 Å². The van der Waals surface area contributed by atoms with Gasteiger partial charge in [0, 0.05) is 24.1 Å². The van der Waals surface area contributed by atoms with Crippen LogP contribution < -0.4 is 0 Å². The Morgan fingerprint density at radius 3 is 2.58 bits per heavy atom. The standard InChI is InChI=1S/C21H28N2O/c1-13(2)18-12-20(24-22-18)21-17(15-7-5-14(3)6-8-15)11-16-9-10-19(21)23(16)4/h5-8,12-13,16-17,19,21H,9-11H2,1-4H3. The molecule has 24 heavy (non-hydrogen) atoms. The van der Waals surface area contributed by atoms with Gasteiger partial charge < -0.3 is 4.52 Å². The molecular formula is C21H28N2O. The Balaban J connectivity index is 1.74. The van der Waals surface area contributed by atoms with E-state index >= 15 is 0 Å². The number of aromatic nitrogens is 1. The first-order valence-electron chi connectivity index (χ1n) is 9.29. The Hall–Kier alpha value is -1.61. The highest BCUT2D eigenvalue weighted by Gasteiger charge is 2.48. The van der Waals surface area contributed by atoms with Crippen LogP contribution in [0.2, 0.25) is 0 Å². The molecule has 0 radical (unpaired) electrons. The zero-order valence-electron chi connectivity index (χ0n) is 15.2. The van der Waals surface area contributed by atoms with E-state index in [0.29, 0.717) is 29.8 Å². The molecule has 1 aromatic carbocycles. The minimum Gasteiger partial charge on any atom is -0.361 e. The fourth-order valence-electron chi connectivity index (χ4n) is 4.74. The molecule has 0 N–H and O–H groups in total. The lowest BCUT2D eigenvalue weighted by Gasteiger charge is -2.42. The van der Waals surface area contributed by atoms with Crippen LogP contribution in [-0.2, 0) is 0 Å². The Morgan fingerprint density at radius 2 is 1.92 bits per heavy atom. The van der Waals surface area contributed by atoms with Crippen molar-refractivity contribution in [2.45, 2.75) is 69.9 Å². The van der Waals surface area contributed by atoms with Crippen molar-refractivity contribution in [3.05, 3.63) is 52.9 Å². The van der Waals surface area contributed by atoms with Gasteiger partial charge in [0.05, 0.1) is 5.69 Å². The average Bonchev–Trinajstić information content (AvgIpc) is 3.12. The summed E-state index contributed by atoms with van der Waals surface area (Å²) in [5.74, 6) is 2.45. The fraction of sp³-hybridized carbons (Fsp3) is 0.571. The first kappa shape index (κ1) is 15.9. The van der Waals surface area contributed by atoms with Gasteiger partial charge in [-0.05, 0) is 50.6 Å². The normalized spacial score (nSPS) is 30.2. The maximum absolute atomic E-state index is 5.86. The maximum Gasteiger partial charge on any atom is 0.142 e. The van der Waals surface area contributed by atoms with Crippen LogP contribution in [0.15, 0.2) is 34.9 Å². The molecule has 0 aliphatic carbocycles. The molecule has 1 aromatic heterocycles. The quantitative estimate of drug-likeness (QED) is 0.809. The Morgan fingerprint density at radius 1 is 1.17 bits per heavy atom. The van der Waals surface area contributed by atoms with Crippen LogP contribution >= 0.6 is 0 Å². The van der Waals surface area contributed by atoms with Crippen LogP contribution in [0.4, 0.5) is 0 Å². The number of likely N-dealkylation sites (N-methyl/N-ethyl adjacent to an activating group) is 1. The fourth-order valence-corrected chi connectivity index (χ4v) is 4.74. The lowest BCUT2D eigenvalue weighted by molar-refractivity contribution is 0.122. The predicted octanol–water partition coefficient (Wildman–Crippen LogP) is 4.84. The third kappa shape index (κ3) is 2.59. The summed E-state index contributed by atoms with van der Waals surface area (Å²) in [6.45, 7) is 6.51. The number of rotatable bonds is 3. The summed E-state index contributed by atoms with van der Waals surface area (Å²) in [7, 11) is 2.29. The van der Waals surface area contributed by atoms with Gasteiger partial charge in [0.15, 0.2) is 0 Å². The van der Waals surface area contributed by atoms with Gasteiger partial charge in [0.2, 0.25) is 0 Å². The van der Waals surface area contributed by atoms with Crippen LogP contribution in [0.3, 0.4) is 0 Å². The molecule has 2 aromatic rings. The molecule has 0 amide bonds. The van der Waals surface area contributed by atoms with Crippen molar-refractivity contribution >= 4 is 0 Å². The molecule has 4 rings (SSSR count). The van der Waals surface area contributed by atoms with Crippen molar-refractivity contribution in [1.29, 1.82) is 0 Å². The number of piperidine rings is 1. The van der Waals surface area contributed by atoms with Gasteiger partial charge in [-0.25, -0.2) is 0 Å². The molecule has 2 saturated heterocycles. The van der Waals surface area contributed by atoms with Gasteiger partial charge in [-0.2, -0.15) is 0 Å². The Kier molecular flexibility index (Phi) is 4.00. The van der Waals surface area contributed by atoms with Crippen molar-refractivity contribution in [3.8, 4) is 0 Å². The maximum atomic E-state index is 5.86. The summed E-state index contributed by atoms with van der Waals surface area (Å²) in [6.07, 6.45) is 3.80. The van der Waals surface area contributed by atoms with E-state index < -0.39 is 0 Å². The minimum atomic E-state index is 0.413. The number of hydrogen-bond acceptors (Lipinski definition) is 3. The van der Waals surface area contributed by atoms with Crippen molar-refractivity contribution in [2.75, 3.05) is 7.05 Å². The summed E-state index contributed by atoms with van der Waals surface area (Å²) in [5, 5.41) is 4.35. The smallest absolute Gasteiger partial charge is 0.142 e. The van der Waals surface area contributed by atoms with E-state index in [9.17, 15) is 0 Å². The lowest BCUT2D eigenvalue weighted by atomic mass is 9.74. The SMILES string of the molecule is Cc1ccc(C2CC3CCC(C2c2cc(C(C)C)no2)N3C)cc1. The third-order valence-corrected chi connectivity index (χ3v) is 6.24. The monoisotopic (exact) mass is 324 g/mol. The summed E-state index contributed by atoms with van der Waals surface area (Å²) >= 11 is 0. The number of hydrogen-bond donors (Lipinski definition) is 0. The molecule has 3 heteroatoms. The van der Waals surface area contributed by atoms with Crippen LogP contribution in [0, 0.1) is 6.92 Å². The summed E-state index contributed by atoms with van der Waals surface area (Å²) in [6, 6.07) is 12.6. The summed E-state index contributed by atoms with van der Waals surface area (Å²) < 4.78 is 5.86. The van der Waals surface area contributed by atoms with Gasteiger partial charge in [0.1, 0.15) is 5.76 Å². The molecule has 2 aliphatic rings. The van der Waals surface area contributed by atoms with Crippen LogP contribution in [0.1, 0.15) is 73.4 Å². The first-order valence-corrected chi connectivity index (χ1v) is 9.29. The third-order valence-electron chi connectivity index (χ3n) is 6.24. The highest BCUT2D eigenvalue weighted by Crippen LogP contribution is 2.51. The number of nitrogens with zero attached hydrogens (tertiary/aromatic N) is 2. The zero-order chi connectivity index (χ0) is 16.8. The van der Waals surface area contributed by atoms with Crippen LogP contribution in [-0.4, -0.2) is 29.2 Å². The van der Waals surface area contributed by atoms with Gasteiger partial charge in [-0.1, -0.05) is 48.8 Å². The molecule has 3 heterocycles. The first-order chi connectivity index (χ1) is 11.5. The molecule has 2 aliphatic heterocycles. The number of benzene rings is 1. The van der Waals surface area contributed by atoms with E-state index in [1.54, 1.807) is 0 Å². The van der Waals surface area contributed by atoms with Crippen molar-refractivity contribution in [1.82, 2.24) is 10.1 Å². The molecule has 0 spiro atoms. The number of fused-ring (bicyclic) bond motifs is 2. The summed E-state index contributed by atoms with van der Waals surface area (Å²) in [4.78, 5) is 2.59. The highest BCUT2D eigenvalue weighted by atomic mass is 16.5. The van der Waals surface area contributed by atoms with Gasteiger partial charge in [0.25, 0.3) is 0 Å². The largest absolute Gasteiger partial charge is 0.361 e. The van der Waals surface area contributed by atoms with E-state index in [1.807, 2.05) is 0 Å². The van der Waals surface area contributed by atoms with E-state index in [4.69, 9.17) is 4.52 Å². The topological polar surface area (TPSA) is 29.3 Å². The predicted molar refractivity (Wildman–Crippen MR) is 96.4 cm³/mol. The van der Waals surface area contributed by atoms with E-state index in [1.165, 1.54) is 30.4 Å². The van der Waals surface area contributed by atoms with Crippen LogP contribution in [0.5, 0.6) is 0 Å². The van der Waals surface area contributed by atoms with E-state index in [-0.39, 0.29) is 0 Å².